The number of nitrogens with zero attached hydrogens (tertiary/aromatic N) is 2. The van der Waals surface area contributed by atoms with Crippen molar-refractivity contribution in [1.82, 2.24) is 20.6 Å². The number of hydrazine groups is 1. The number of nitrogens with one attached hydrogen (secondary N) is 2. The molecule has 0 unspecified atom stereocenters. The van der Waals surface area contributed by atoms with Gasteiger partial charge < -0.3 is 4.74 Å². The highest BCUT2D eigenvalue weighted by molar-refractivity contribution is 6.31. The predicted molar refractivity (Wildman–Crippen MR) is 108 cm³/mol. The Labute approximate surface area is 171 Å². The summed E-state index contributed by atoms with van der Waals surface area (Å²) in [5.74, 6) is -1.23. The Balaban J connectivity index is 1.82. The maximum Gasteiger partial charge on any atom is 0.294 e. The molecule has 0 saturated carbocycles. The van der Waals surface area contributed by atoms with Crippen LogP contribution in [0.3, 0.4) is 0 Å². The zero-order valence-electron chi connectivity index (χ0n) is 15.6. The minimum atomic E-state index is -0.853. The number of rotatable bonds is 4. The normalized spacial score (nSPS) is 10.3. The molecule has 0 saturated heterocycles. The van der Waals surface area contributed by atoms with Gasteiger partial charge in [-0.25, -0.2) is 4.68 Å². The summed E-state index contributed by atoms with van der Waals surface area (Å²) in [6.07, 6.45) is 0. The Bertz CT molecular complexity index is 1130. The van der Waals surface area contributed by atoms with Crippen molar-refractivity contribution in [2.75, 3.05) is 7.11 Å². The molecule has 2 aromatic carbocycles. The molecule has 0 aliphatic heterocycles. The maximum atomic E-state index is 12.5. The summed E-state index contributed by atoms with van der Waals surface area (Å²) < 4.78 is 6.58. The molecular formula is C20H17ClN4O4. The number of aryl methyl sites for hydroxylation is 1. The molecule has 1 heterocycles. The minimum Gasteiger partial charge on any atom is -0.496 e. The second-order valence-corrected chi connectivity index (χ2v) is 6.44. The number of benzene rings is 2. The third-order valence-corrected chi connectivity index (χ3v) is 4.25. The first-order valence-electron chi connectivity index (χ1n) is 8.51. The molecule has 3 aromatic rings. The van der Waals surface area contributed by atoms with Crippen LogP contribution >= 0.6 is 11.6 Å². The van der Waals surface area contributed by atoms with Crippen molar-refractivity contribution in [3.63, 3.8) is 0 Å². The summed E-state index contributed by atoms with van der Waals surface area (Å²) >= 11 is 5.91. The summed E-state index contributed by atoms with van der Waals surface area (Å²) in [5.41, 5.74) is 4.87. The fraction of sp³-hybridized carbons (Fsp3) is 0.100. The standard InChI is InChI=1S/C20H17ClN4O4/c1-12-10-16(26)18(24-25(12)14-6-4-3-5-7-14)20(28)23-22-19(27)15-11-13(21)8-9-17(15)29-2/h3-11H,1-2H3,(H,22,27)(H,23,28). The van der Waals surface area contributed by atoms with Crippen molar-refractivity contribution in [1.29, 1.82) is 0 Å². The maximum absolute atomic E-state index is 12.5. The number of hydrogen-bond acceptors (Lipinski definition) is 5. The zero-order chi connectivity index (χ0) is 21.0. The summed E-state index contributed by atoms with van der Waals surface area (Å²) in [5, 5.41) is 4.46. The lowest BCUT2D eigenvalue weighted by Crippen LogP contribution is -2.44. The van der Waals surface area contributed by atoms with Gasteiger partial charge in [-0.1, -0.05) is 29.8 Å². The van der Waals surface area contributed by atoms with Crippen LogP contribution in [0, 0.1) is 6.92 Å². The van der Waals surface area contributed by atoms with Crippen molar-refractivity contribution >= 4 is 23.4 Å². The van der Waals surface area contributed by atoms with Gasteiger partial charge in [0.05, 0.1) is 18.4 Å². The van der Waals surface area contributed by atoms with Gasteiger partial charge in [0.15, 0.2) is 5.69 Å². The van der Waals surface area contributed by atoms with Crippen LogP contribution < -0.4 is 21.0 Å². The number of methoxy groups -OCH3 is 1. The number of ether oxygens (including phenoxy) is 1. The molecule has 3 rings (SSSR count). The van der Waals surface area contributed by atoms with Gasteiger partial charge >= 0.3 is 0 Å². The first kappa shape index (κ1) is 20.1. The van der Waals surface area contributed by atoms with E-state index in [1.807, 2.05) is 18.2 Å². The number of carbonyl (C=O) groups is 2. The molecule has 1 aromatic heterocycles. The summed E-state index contributed by atoms with van der Waals surface area (Å²) in [6, 6.07) is 14.8. The molecule has 29 heavy (non-hydrogen) atoms. The molecule has 0 bridgehead atoms. The molecule has 148 valence electrons. The van der Waals surface area contributed by atoms with E-state index >= 15 is 0 Å². The lowest BCUT2D eigenvalue weighted by atomic mass is 10.2. The quantitative estimate of drug-likeness (QED) is 0.640. The Morgan fingerprint density at radius 3 is 2.41 bits per heavy atom. The topological polar surface area (TPSA) is 102 Å². The van der Waals surface area contributed by atoms with E-state index in [1.54, 1.807) is 25.1 Å². The molecule has 0 fully saturated rings. The van der Waals surface area contributed by atoms with Crippen molar-refractivity contribution in [2.45, 2.75) is 6.92 Å². The second-order valence-electron chi connectivity index (χ2n) is 6.00. The number of hydrogen-bond donors (Lipinski definition) is 2. The van der Waals surface area contributed by atoms with E-state index in [0.29, 0.717) is 16.4 Å². The summed E-state index contributed by atoms with van der Waals surface area (Å²) in [6.45, 7) is 1.70. The Morgan fingerprint density at radius 1 is 1.03 bits per heavy atom. The van der Waals surface area contributed by atoms with Crippen molar-refractivity contribution in [3.05, 3.63) is 86.8 Å². The zero-order valence-corrected chi connectivity index (χ0v) is 16.4. The number of amides is 2. The molecule has 8 nitrogen and oxygen atoms in total. The molecule has 2 N–H and O–H groups in total. The second kappa shape index (κ2) is 8.57. The SMILES string of the molecule is COc1ccc(Cl)cc1C(=O)NNC(=O)c1nn(-c2ccccc2)c(C)cc1=O. The van der Waals surface area contributed by atoms with E-state index in [9.17, 15) is 14.4 Å². The fourth-order valence-electron chi connectivity index (χ4n) is 2.63. The van der Waals surface area contributed by atoms with Crippen LogP contribution in [0.25, 0.3) is 5.69 Å². The van der Waals surface area contributed by atoms with Gasteiger partial charge in [-0.3, -0.25) is 25.2 Å². The summed E-state index contributed by atoms with van der Waals surface area (Å²) in [7, 11) is 1.40. The van der Waals surface area contributed by atoms with Gasteiger partial charge in [-0.15, -0.1) is 0 Å². The molecule has 0 aliphatic carbocycles. The van der Waals surface area contributed by atoms with Crippen molar-refractivity contribution in [2.24, 2.45) is 0 Å². The number of para-hydroxylation sites is 1. The van der Waals surface area contributed by atoms with E-state index in [-0.39, 0.29) is 17.0 Å². The highest BCUT2D eigenvalue weighted by Gasteiger charge is 2.18. The number of carbonyl (C=O) groups excluding carboxylic acids is 2. The Kier molecular flexibility index (Phi) is 5.94. The molecule has 0 atom stereocenters. The van der Waals surface area contributed by atoms with E-state index in [2.05, 4.69) is 16.0 Å². The van der Waals surface area contributed by atoms with Gasteiger partial charge in [0.1, 0.15) is 5.75 Å². The van der Waals surface area contributed by atoms with Crippen LogP contribution in [0.15, 0.2) is 59.4 Å². The average molecular weight is 413 g/mol. The monoisotopic (exact) mass is 412 g/mol. The van der Waals surface area contributed by atoms with Gasteiger partial charge in [-0.2, -0.15) is 5.10 Å². The first-order valence-corrected chi connectivity index (χ1v) is 8.89. The van der Waals surface area contributed by atoms with E-state index in [4.69, 9.17) is 16.3 Å². The van der Waals surface area contributed by atoms with E-state index < -0.39 is 17.2 Å². The molecule has 2 amide bonds. The Hall–Kier alpha value is -3.65. The van der Waals surface area contributed by atoms with E-state index in [1.165, 1.54) is 30.0 Å². The highest BCUT2D eigenvalue weighted by Crippen LogP contribution is 2.22. The minimum absolute atomic E-state index is 0.124. The van der Waals surface area contributed by atoms with E-state index in [0.717, 1.165) is 0 Å². The van der Waals surface area contributed by atoms with Gasteiger partial charge in [0, 0.05) is 16.8 Å². The lowest BCUT2D eigenvalue weighted by Gasteiger charge is -2.12. The number of aromatic nitrogens is 2. The van der Waals surface area contributed by atoms with Crippen molar-refractivity contribution < 1.29 is 14.3 Å². The van der Waals surface area contributed by atoms with Crippen LogP contribution in [-0.2, 0) is 0 Å². The fourth-order valence-corrected chi connectivity index (χ4v) is 2.81. The lowest BCUT2D eigenvalue weighted by molar-refractivity contribution is 0.0840. The Morgan fingerprint density at radius 2 is 1.72 bits per heavy atom. The number of halogens is 1. The molecule has 0 spiro atoms. The molecule has 0 aliphatic rings. The smallest absolute Gasteiger partial charge is 0.294 e. The average Bonchev–Trinajstić information content (AvgIpc) is 2.72. The largest absolute Gasteiger partial charge is 0.496 e. The molecule has 9 heteroatoms. The highest BCUT2D eigenvalue weighted by atomic mass is 35.5. The molecule has 0 radical (unpaired) electrons. The third-order valence-electron chi connectivity index (χ3n) is 4.02. The summed E-state index contributed by atoms with van der Waals surface area (Å²) in [4.78, 5) is 37.1. The van der Waals surface area contributed by atoms with Gasteiger partial charge in [0.2, 0.25) is 5.43 Å². The van der Waals surface area contributed by atoms with Crippen LogP contribution in [0.2, 0.25) is 5.02 Å². The van der Waals surface area contributed by atoms with Crippen LogP contribution in [0.4, 0.5) is 0 Å². The van der Waals surface area contributed by atoms with Crippen LogP contribution in [0.1, 0.15) is 26.5 Å². The molecular weight excluding hydrogens is 396 g/mol. The predicted octanol–water partition coefficient (Wildman–Crippen LogP) is 2.28. The third kappa shape index (κ3) is 4.44. The van der Waals surface area contributed by atoms with Crippen molar-refractivity contribution in [3.8, 4) is 11.4 Å². The van der Waals surface area contributed by atoms with Crippen LogP contribution in [-0.4, -0.2) is 28.7 Å². The van der Waals surface area contributed by atoms with Gasteiger partial charge in [0.25, 0.3) is 11.8 Å². The first-order chi connectivity index (χ1) is 13.9. The van der Waals surface area contributed by atoms with Gasteiger partial charge in [-0.05, 0) is 37.3 Å². The van der Waals surface area contributed by atoms with Crippen LogP contribution in [0.5, 0.6) is 5.75 Å².